The number of carboxylic acids is 1. The Kier molecular flexibility index (Phi) is 4.09. The van der Waals surface area contributed by atoms with Crippen LogP contribution in [0.1, 0.15) is 42.1 Å². The van der Waals surface area contributed by atoms with Gasteiger partial charge in [0, 0.05) is 25.7 Å². The molecular weight excluding hydrogens is 339 g/mol. The van der Waals surface area contributed by atoms with Crippen LogP contribution in [0.5, 0.6) is 5.75 Å². The van der Waals surface area contributed by atoms with Gasteiger partial charge in [-0.3, -0.25) is 4.79 Å². The number of nitrogens with zero attached hydrogens (tertiary/aromatic N) is 2. The van der Waals surface area contributed by atoms with Gasteiger partial charge in [-0.1, -0.05) is 0 Å². The molecule has 1 aliphatic heterocycles. The van der Waals surface area contributed by atoms with E-state index < -0.39 is 23.6 Å². The van der Waals surface area contributed by atoms with Gasteiger partial charge in [-0.25, -0.2) is 9.18 Å². The number of benzene rings is 1. The Morgan fingerprint density at radius 1 is 1.27 bits per heavy atom. The molecule has 2 atom stereocenters. The Bertz CT molecular complexity index is 933. The van der Waals surface area contributed by atoms with Crippen molar-refractivity contribution in [3.05, 3.63) is 34.1 Å². The minimum absolute atomic E-state index is 0.251. The van der Waals surface area contributed by atoms with Gasteiger partial charge in [-0.15, -0.1) is 0 Å². The van der Waals surface area contributed by atoms with Crippen LogP contribution in [-0.4, -0.2) is 42.0 Å². The number of alkyl halides is 1. The molecule has 0 spiro atoms. The molecule has 1 aromatic carbocycles. The second-order valence-corrected chi connectivity index (χ2v) is 6.97. The lowest BCUT2D eigenvalue weighted by molar-refractivity contribution is 0.0694. The van der Waals surface area contributed by atoms with E-state index in [2.05, 4.69) is 4.90 Å². The number of piperidine rings is 1. The maximum absolute atomic E-state index is 13.8. The van der Waals surface area contributed by atoms with Crippen LogP contribution in [0.15, 0.2) is 23.1 Å². The van der Waals surface area contributed by atoms with Crippen LogP contribution in [0.4, 0.5) is 10.1 Å². The van der Waals surface area contributed by atoms with Crippen molar-refractivity contribution in [2.75, 3.05) is 25.1 Å². The van der Waals surface area contributed by atoms with Gasteiger partial charge >= 0.3 is 5.97 Å². The van der Waals surface area contributed by atoms with Crippen LogP contribution in [-0.2, 0) is 0 Å². The summed E-state index contributed by atoms with van der Waals surface area (Å²) in [6.07, 6.45) is 3.89. The highest BCUT2D eigenvalue weighted by molar-refractivity contribution is 5.97. The molecule has 7 heteroatoms. The maximum Gasteiger partial charge on any atom is 0.341 e. The molecule has 26 heavy (non-hydrogen) atoms. The number of aromatic nitrogens is 1. The fourth-order valence-corrected chi connectivity index (χ4v) is 3.85. The Labute approximate surface area is 149 Å². The van der Waals surface area contributed by atoms with E-state index in [-0.39, 0.29) is 10.9 Å². The lowest BCUT2D eigenvalue weighted by Gasteiger charge is -2.31. The van der Waals surface area contributed by atoms with Gasteiger partial charge in [0.15, 0.2) is 5.75 Å². The lowest BCUT2D eigenvalue weighted by atomic mass is 10.1. The third-order valence-corrected chi connectivity index (χ3v) is 5.30. The molecule has 2 fully saturated rings. The summed E-state index contributed by atoms with van der Waals surface area (Å²) >= 11 is 0. The summed E-state index contributed by atoms with van der Waals surface area (Å²) in [6.45, 7) is 1.79. The van der Waals surface area contributed by atoms with Gasteiger partial charge in [0.2, 0.25) is 5.43 Å². The molecule has 2 aromatic rings. The first-order valence-electron chi connectivity index (χ1n) is 8.91. The number of halogens is 1. The van der Waals surface area contributed by atoms with Gasteiger partial charge in [0.25, 0.3) is 0 Å². The van der Waals surface area contributed by atoms with Crippen molar-refractivity contribution in [3.8, 4) is 5.75 Å². The van der Waals surface area contributed by atoms with Gasteiger partial charge in [0.05, 0.1) is 29.7 Å². The normalized spacial score (nSPS) is 22.5. The first kappa shape index (κ1) is 16.9. The summed E-state index contributed by atoms with van der Waals surface area (Å²) in [6, 6.07) is 2.99. The molecule has 138 valence electrons. The van der Waals surface area contributed by atoms with Crippen molar-refractivity contribution >= 4 is 22.6 Å². The molecule has 2 unspecified atom stereocenters. The van der Waals surface area contributed by atoms with E-state index in [1.54, 1.807) is 10.6 Å². The smallest absolute Gasteiger partial charge is 0.341 e. The van der Waals surface area contributed by atoms with E-state index in [9.17, 15) is 19.1 Å². The summed E-state index contributed by atoms with van der Waals surface area (Å²) < 4.78 is 21.0. The van der Waals surface area contributed by atoms with Crippen molar-refractivity contribution in [2.45, 2.75) is 37.9 Å². The number of pyridine rings is 1. The summed E-state index contributed by atoms with van der Waals surface area (Å²) in [5.41, 5.74) is 0.440. The van der Waals surface area contributed by atoms with E-state index in [0.29, 0.717) is 17.7 Å². The zero-order valence-electron chi connectivity index (χ0n) is 14.6. The molecule has 1 saturated carbocycles. The number of fused-ring (bicyclic) bond motifs is 1. The number of carboxylic acid groups (broad SMARTS) is 1. The molecule has 4 rings (SSSR count). The van der Waals surface area contributed by atoms with E-state index in [1.165, 1.54) is 19.7 Å². The molecule has 0 amide bonds. The van der Waals surface area contributed by atoms with Crippen molar-refractivity contribution in [1.29, 1.82) is 0 Å². The second-order valence-electron chi connectivity index (χ2n) is 6.97. The number of carbonyl (C=O) groups is 1. The highest BCUT2D eigenvalue weighted by Crippen LogP contribution is 2.44. The molecule has 2 aliphatic rings. The number of rotatable bonds is 4. The van der Waals surface area contributed by atoms with Crippen molar-refractivity contribution in [3.63, 3.8) is 0 Å². The number of ether oxygens (including phenoxy) is 1. The van der Waals surface area contributed by atoms with Gasteiger partial charge in [0.1, 0.15) is 11.7 Å². The molecule has 1 aliphatic carbocycles. The van der Waals surface area contributed by atoms with E-state index in [4.69, 9.17) is 4.74 Å². The minimum atomic E-state index is -1.30. The number of methoxy groups -OCH3 is 1. The Morgan fingerprint density at radius 2 is 1.96 bits per heavy atom. The summed E-state index contributed by atoms with van der Waals surface area (Å²) in [5, 5.41) is 9.61. The first-order valence-corrected chi connectivity index (χ1v) is 8.91. The number of anilines is 1. The Morgan fingerprint density at radius 3 is 2.54 bits per heavy atom. The van der Waals surface area contributed by atoms with Crippen molar-refractivity contribution in [1.82, 2.24) is 4.57 Å². The minimum Gasteiger partial charge on any atom is -0.492 e. The fraction of sp³-hybridized carbons (Fsp3) is 0.474. The second kappa shape index (κ2) is 6.30. The average molecular weight is 360 g/mol. The maximum atomic E-state index is 13.8. The molecule has 0 bridgehead atoms. The van der Waals surface area contributed by atoms with Crippen LogP contribution >= 0.6 is 0 Å². The number of hydrogen-bond donors (Lipinski definition) is 1. The molecule has 2 heterocycles. The Hall–Kier alpha value is -2.57. The highest BCUT2D eigenvalue weighted by Gasteiger charge is 2.41. The summed E-state index contributed by atoms with van der Waals surface area (Å²) in [4.78, 5) is 26.3. The number of hydrogen-bond acceptors (Lipinski definition) is 4. The van der Waals surface area contributed by atoms with E-state index >= 15 is 0 Å². The zero-order chi connectivity index (χ0) is 18.4. The predicted molar refractivity (Wildman–Crippen MR) is 96.3 cm³/mol. The molecular formula is C19H21FN2O4. The van der Waals surface area contributed by atoms with Crippen LogP contribution in [0.2, 0.25) is 0 Å². The molecule has 1 N–H and O–H groups in total. The number of aromatic carboxylic acids is 1. The molecule has 6 nitrogen and oxygen atoms in total. The van der Waals surface area contributed by atoms with Gasteiger partial charge < -0.3 is 19.3 Å². The SMILES string of the molecule is COc1c(N2CCCCC2)ccc2c(=O)c(C(=O)O)cn(C3CC3F)c12. The Balaban J connectivity index is 2.00. The van der Waals surface area contributed by atoms with Gasteiger partial charge in [-0.05, 0) is 31.4 Å². The fourth-order valence-electron chi connectivity index (χ4n) is 3.85. The van der Waals surface area contributed by atoms with Gasteiger partial charge in [-0.2, -0.15) is 0 Å². The largest absolute Gasteiger partial charge is 0.492 e. The third kappa shape index (κ3) is 2.62. The third-order valence-electron chi connectivity index (χ3n) is 5.30. The monoisotopic (exact) mass is 360 g/mol. The topological polar surface area (TPSA) is 71.8 Å². The first-order chi connectivity index (χ1) is 12.5. The highest BCUT2D eigenvalue weighted by atomic mass is 19.1. The molecule has 1 saturated heterocycles. The average Bonchev–Trinajstić information content (AvgIpc) is 3.38. The molecule has 0 radical (unpaired) electrons. The molecule has 1 aromatic heterocycles. The predicted octanol–water partition coefficient (Wildman–Crippen LogP) is 2.98. The van der Waals surface area contributed by atoms with E-state index in [0.717, 1.165) is 31.6 Å². The van der Waals surface area contributed by atoms with Crippen molar-refractivity contribution in [2.24, 2.45) is 0 Å². The van der Waals surface area contributed by atoms with E-state index in [1.807, 2.05) is 6.07 Å². The lowest BCUT2D eigenvalue weighted by Crippen LogP contribution is -2.30. The van der Waals surface area contributed by atoms with Crippen LogP contribution in [0.3, 0.4) is 0 Å². The van der Waals surface area contributed by atoms with Crippen LogP contribution < -0.4 is 15.1 Å². The van der Waals surface area contributed by atoms with Crippen molar-refractivity contribution < 1.29 is 19.0 Å². The van der Waals surface area contributed by atoms with Crippen LogP contribution in [0, 0.1) is 0 Å². The van der Waals surface area contributed by atoms with Crippen LogP contribution in [0.25, 0.3) is 10.9 Å². The quantitative estimate of drug-likeness (QED) is 0.908. The summed E-state index contributed by atoms with van der Waals surface area (Å²) in [7, 11) is 1.53. The summed E-state index contributed by atoms with van der Waals surface area (Å²) in [5.74, 6) is -0.793. The standard InChI is InChI=1S/C19H21FN2O4/c1-26-18-14(21-7-3-2-4-8-21)6-5-11-16(18)22(15-9-13(15)20)10-12(17(11)23)19(24)25/h5-6,10,13,15H,2-4,7-9H2,1H3,(H,24,25). The zero-order valence-corrected chi connectivity index (χ0v) is 14.6.